The lowest BCUT2D eigenvalue weighted by molar-refractivity contribution is 0.988. The van der Waals surface area contributed by atoms with Gasteiger partial charge in [-0.25, -0.2) is 0 Å². The van der Waals surface area contributed by atoms with Gasteiger partial charge in [0, 0.05) is 80.1 Å². The maximum atomic E-state index is 4.39. The van der Waals surface area contributed by atoms with E-state index < -0.39 is 0 Å². The Balaban J connectivity index is 0.000000172. The Morgan fingerprint density at radius 2 is 0.378 bits per heavy atom. The largest absolute Gasteiger partial charge is 0.344 e. The molecular weight excluding hydrogens is 1460 g/mol. The van der Waals surface area contributed by atoms with Crippen LogP contribution in [0.5, 0.6) is 0 Å². The van der Waals surface area contributed by atoms with Crippen molar-refractivity contribution in [3.05, 3.63) is 519 Å². The molecule has 564 valence electrons. The van der Waals surface area contributed by atoms with E-state index in [2.05, 4.69) is 527 Å². The third-order valence-corrected chi connectivity index (χ3v) is 22.5. The third kappa shape index (κ3) is 16.4. The van der Waals surface area contributed by atoms with Crippen LogP contribution in [0, 0.1) is 0 Å². The minimum atomic E-state index is 0.149. The van der Waals surface area contributed by atoms with Crippen LogP contribution in [0.4, 0.5) is 68.2 Å². The number of hydrogen-bond donors (Lipinski definition) is 0. The average molecular weight is 1540 g/mol. The molecule has 2 unspecified atom stereocenters. The molecule has 0 spiro atoms. The molecule has 2 atom stereocenters. The first-order valence-electron chi connectivity index (χ1n) is 40.4. The van der Waals surface area contributed by atoms with E-state index in [1.54, 1.807) is 0 Å². The predicted molar refractivity (Wildman–Crippen MR) is 509 cm³/mol. The maximum Gasteiger partial charge on any atom is 0.265 e. The van der Waals surface area contributed by atoms with Crippen molar-refractivity contribution in [3.63, 3.8) is 0 Å². The van der Waals surface area contributed by atoms with E-state index in [4.69, 9.17) is 0 Å². The molecule has 0 N–H and O–H groups in total. The molecule has 7 heteroatoms. The molecule has 0 bridgehead atoms. The quantitative estimate of drug-likeness (QED) is 0.0458. The van der Waals surface area contributed by atoms with Gasteiger partial charge < -0.3 is 24.3 Å². The zero-order valence-corrected chi connectivity index (χ0v) is 66.7. The summed E-state index contributed by atoms with van der Waals surface area (Å²) in [5.41, 5.74) is 23.2. The second-order valence-corrected chi connectivity index (χ2v) is 29.9. The Kier molecular flexibility index (Phi) is 22.5. The van der Waals surface area contributed by atoms with Crippen molar-refractivity contribution < 1.29 is 0 Å². The third-order valence-electron chi connectivity index (χ3n) is 22.5. The molecular formula is C112H83BN5P. The van der Waals surface area contributed by atoms with Crippen LogP contribution in [0.2, 0.25) is 0 Å². The second kappa shape index (κ2) is 35.4. The van der Waals surface area contributed by atoms with Crippen LogP contribution in [0.15, 0.2) is 490 Å². The summed E-state index contributed by atoms with van der Waals surface area (Å²) in [5.74, 6) is 0.298. The summed E-state index contributed by atoms with van der Waals surface area (Å²) in [5, 5.41) is 12.4. The lowest BCUT2D eigenvalue weighted by atomic mass is 9.81. The molecule has 0 aromatic heterocycles. The lowest BCUT2D eigenvalue weighted by Gasteiger charge is -2.30. The average Bonchev–Trinajstić information content (AvgIpc) is 0.797. The van der Waals surface area contributed by atoms with Gasteiger partial charge in [-0.05, 0) is 253 Å². The summed E-state index contributed by atoms with van der Waals surface area (Å²) in [6, 6.07) is 175. The van der Waals surface area contributed by atoms with Crippen molar-refractivity contribution in [1.82, 2.24) is 0 Å². The van der Waals surface area contributed by atoms with Gasteiger partial charge in [-0.2, -0.15) is 0 Å². The first kappa shape index (κ1) is 75.4. The Bertz CT molecular complexity index is 6250. The van der Waals surface area contributed by atoms with Crippen molar-refractivity contribution in [2.75, 3.05) is 19.6 Å². The molecule has 0 saturated heterocycles. The SMILES string of the molecule is [B]N=P.c1ccc(C(c2ccc(-c3ccc(C(c4ccccc4)c4cccc5ccccc45)cc3)cc2)c2cccc3ccccc23)cc1.c1ccc(N(c2ccc(N(c3ccc(N(c4ccccc4)c4ccc5ccccc5c4)cc3)c3ccc(N(c4ccccc4)c4ccc5ccccc5c4)cc3)cc2)c2ccc3ccccc3c2)cc1. The number of hydrogen-bond acceptors (Lipinski definition) is 5. The van der Waals surface area contributed by atoms with Gasteiger partial charge in [0.1, 0.15) is 0 Å². The van der Waals surface area contributed by atoms with Crippen LogP contribution < -0.4 is 19.6 Å². The van der Waals surface area contributed by atoms with Crippen LogP contribution in [-0.4, -0.2) is 7.98 Å². The van der Waals surface area contributed by atoms with Crippen LogP contribution in [0.1, 0.15) is 45.2 Å². The van der Waals surface area contributed by atoms with Gasteiger partial charge in [0.25, 0.3) is 7.98 Å². The molecule has 20 aromatic carbocycles. The summed E-state index contributed by atoms with van der Waals surface area (Å²) < 4.78 is 2.81. The highest BCUT2D eigenvalue weighted by Crippen LogP contribution is 2.46. The first-order chi connectivity index (χ1) is 58.9. The van der Waals surface area contributed by atoms with E-state index in [9.17, 15) is 0 Å². The lowest BCUT2D eigenvalue weighted by Crippen LogP contribution is -2.14. The summed E-state index contributed by atoms with van der Waals surface area (Å²) >= 11 is 0. The molecule has 0 aliphatic heterocycles. The molecule has 0 fully saturated rings. The smallest absolute Gasteiger partial charge is 0.265 e. The Hall–Kier alpha value is -14.9. The minimum absolute atomic E-state index is 0.149. The molecule has 20 rings (SSSR count). The normalized spacial score (nSPS) is 11.5. The number of benzene rings is 20. The number of nitrogens with zero attached hydrogens (tertiary/aromatic N) is 5. The molecule has 0 aliphatic rings. The summed E-state index contributed by atoms with van der Waals surface area (Å²) in [6.45, 7) is 0. The molecule has 2 radical (unpaired) electrons. The molecule has 0 saturated carbocycles. The van der Waals surface area contributed by atoms with Crippen molar-refractivity contribution in [2.24, 2.45) is 4.66 Å². The second-order valence-electron chi connectivity index (χ2n) is 29.7. The van der Waals surface area contributed by atoms with Crippen LogP contribution in [0.3, 0.4) is 0 Å². The monoisotopic (exact) mass is 1540 g/mol. The minimum Gasteiger partial charge on any atom is -0.344 e. The highest BCUT2D eigenvalue weighted by atomic mass is 31.0. The fourth-order valence-corrected chi connectivity index (χ4v) is 16.9. The topological polar surface area (TPSA) is 25.3 Å². The number of rotatable bonds is 19. The molecule has 20 aromatic rings. The zero-order valence-electron chi connectivity index (χ0n) is 65.7. The van der Waals surface area contributed by atoms with Gasteiger partial charge in [-0.3, -0.25) is 0 Å². The van der Waals surface area contributed by atoms with Crippen molar-refractivity contribution in [1.29, 1.82) is 0 Å². The van der Waals surface area contributed by atoms with Crippen molar-refractivity contribution in [2.45, 2.75) is 11.8 Å². The maximum absolute atomic E-state index is 4.39. The Morgan fingerprint density at radius 1 is 0.176 bits per heavy atom. The highest BCUT2D eigenvalue weighted by Gasteiger charge is 2.24. The van der Waals surface area contributed by atoms with Crippen molar-refractivity contribution >= 4 is 139 Å². The first-order valence-corrected chi connectivity index (χ1v) is 40.8. The van der Waals surface area contributed by atoms with Gasteiger partial charge in [-0.1, -0.05) is 340 Å². The van der Waals surface area contributed by atoms with E-state index in [0.29, 0.717) is 0 Å². The summed E-state index contributed by atoms with van der Waals surface area (Å²) in [7, 11) is 6.97. The van der Waals surface area contributed by atoms with E-state index in [0.717, 1.165) is 68.2 Å². The van der Waals surface area contributed by atoms with Crippen LogP contribution in [-0.2, 0) is 0 Å². The molecule has 5 nitrogen and oxygen atoms in total. The van der Waals surface area contributed by atoms with Crippen LogP contribution >= 0.6 is 9.03 Å². The van der Waals surface area contributed by atoms with E-state index in [1.807, 2.05) is 0 Å². The Morgan fingerprint density at radius 3 is 0.664 bits per heavy atom. The number of para-hydroxylation sites is 3. The van der Waals surface area contributed by atoms with Gasteiger partial charge in [0.05, 0.1) is 0 Å². The highest BCUT2D eigenvalue weighted by molar-refractivity contribution is 7.05. The fourth-order valence-electron chi connectivity index (χ4n) is 16.9. The number of fused-ring (bicyclic) bond motifs is 5. The fraction of sp³-hybridized carbons (Fsp3) is 0.0179. The van der Waals surface area contributed by atoms with Gasteiger partial charge in [0.2, 0.25) is 0 Å². The van der Waals surface area contributed by atoms with E-state index in [-0.39, 0.29) is 11.8 Å². The van der Waals surface area contributed by atoms with E-state index in [1.165, 1.54) is 98.4 Å². The predicted octanol–water partition coefficient (Wildman–Crippen LogP) is 31.4. The molecule has 119 heavy (non-hydrogen) atoms. The van der Waals surface area contributed by atoms with Gasteiger partial charge in [-0.15, -0.1) is 0 Å². The van der Waals surface area contributed by atoms with E-state index >= 15 is 0 Å². The Labute approximate surface area is 700 Å². The summed E-state index contributed by atoms with van der Waals surface area (Å²) in [6.07, 6.45) is 0. The van der Waals surface area contributed by atoms with Gasteiger partial charge in [0.15, 0.2) is 0 Å². The van der Waals surface area contributed by atoms with Crippen LogP contribution in [0.25, 0.3) is 65.0 Å². The van der Waals surface area contributed by atoms with Gasteiger partial charge >= 0.3 is 0 Å². The molecule has 0 aliphatic carbocycles. The number of anilines is 12. The van der Waals surface area contributed by atoms with Crippen molar-refractivity contribution in [3.8, 4) is 11.1 Å². The standard InChI is InChI=1S/C66H48N4.C46H34.BHNP/c1-4-22-55(23-5-1)68(64-31-28-49-16-10-13-19-52(49)46-64)61-40-34-58(35-41-61)67(59-36-42-62(43-37-59)69(56-24-6-2-7-25-56)65-32-29-50-17-11-14-20-53(50)47-65)60-38-44-63(45-39-60)70(57-26-8-3-9-27-57)66-33-30-51-18-12-15-21-54(51)48-66;1-3-15-37(16-4-1)45(43-23-11-19-35-13-7-9-21-41(35)43)39-29-25-33(26-30-39)34-27-31-40(32-28-34)46(38-17-5-2-6-18-38)44-24-12-20-36-14-8-10-22-42(36)44;1-2-3/h1-48H;1-32,45-46H;3H. The molecule has 0 amide bonds. The molecule has 0 heterocycles. The summed E-state index contributed by atoms with van der Waals surface area (Å²) in [4.78, 5) is 9.35. The zero-order chi connectivity index (χ0) is 80.1.